The highest BCUT2D eigenvalue weighted by Gasteiger charge is 2.48. The number of pyridine rings is 1. The molecule has 4 aromatic rings. The highest BCUT2D eigenvalue weighted by atomic mass is 19.1. The number of nitrogens with one attached hydrogen (secondary N) is 1. The molecule has 0 bridgehead atoms. The number of hydrogen-bond donors (Lipinski definition) is 1. The number of carbonyl (C=O) groups is 2. The molecular formula is C34H35FN4O6. The fraction of sp³-hybridized carbons (Fsp3) is 0.324. The number of benzene rings is 3. The van der Waals surface area contributed by atoms with Crippen molar-refractivity contribution >= 4 is 28.5 Å². The predicted octanol–water partition coefficient (Wildman–Crippen LogP) is 5.33. The zero-order valence-electron chi connectivity index (χ0n) is 25.3. The van der Waals surface area contributed by atoms with Crippen LogP contribution in [0.1, 0.15) is 18.9 Å². The minimum atomic E-state index is -1.16. The first-order chi connectivity index (χ1) is 21.8. The van der Waals surface area contributed by atoms with Gasteiger partial charge in [-0.05, 0) is 43.2 Å². The number of amides is 3. The molecule has 234 valence electrons. The van der Waals surface area contributed by atoms with Crippen molar-refractivity contribution in [3.05, 3.63) is 84.3 Å². The number of ether oxygens (including phenoxy) is 4. The number of nitrogens with zero attached hydrogens (tertiary/aromatic N) is 3. The quantitative estimate of drug-likeness (QED) is 0.179. The van der Waals surface area contributed by atoms with Crippen LogP contribution < -0.4 is 24.4 Å². The average molecular weight is 615 g/mol. The third-order valence-electron chi connectivity index (χ3n) is 8.02. The molecule has 10 nitrogen and oxygen atoms in total. The summed E-state index contributed by atoms with van der Waals surface area (Å²) in [7, 11) is 1.55. The predicted molar refractivity (Wildman–Crippen MR) is 167 cm³/mol. The summed E-state index contributed by atoms with van der Waals surface area (Å²) in [4.78, 5) is 34.0. The lowest BCUT2D eigenvalue weighted by molar-refractivity contribution is -0.121. The van der Waals surface area contributed by atoms with E-state index in [2.05, 4.69) is 15.2 Å². The van der Waals surface area contributed by atoms with Gasteiger partial charge in [-0.15, -0.1) is 0 Å². The van der Waals surface area contributed by atoms with Crippen molar-refractivity contribution in [3.8, 4) is 23.0 Å². The van der Waals surface area contributed by atoms with Crippen LogP contribution in [-0.4, -0.2) is 73.9 Å². The van der Waals surface area contributed by atoms with Gasteiger partial charge in [0.2, 0.25) is 0 Å². The van der Waals surface area contributed by atoms with Crippen LogP contribution in [0.5, 0.6) is 23.0 Å². The van der Waals surface area contributed by atoms with E-state index in [1.807, 2.05) is 30.3 Å². The zero-order valence-corrected chi connectivity index (χ0v) is 25.3. The molecule has 2 aliphatic rings. The van der Waals surface area contributed by atoms with Crippen LogP contribution in [0.3, 0.4) is 0 Å². The smallest absolute Gasteiger partial charge is 0.329 e. The molecule has 0 radical (unpaired) electrons. The third-order valence-corrected chi connectivity index (χ3v) is 8.02. The van der Waals surface area contributed by atoms with Crippen LogP contribution in [0.15, 0.2) is 72.9 Å². The fourth-order valence-electron chi connectivity index (χ4n) is 5.66. The van der Waals surface area contributed by atoms with Gasteiger partial charge in [-0.25, -0.2) is 14.1 Å². The molecule has 1 atom stereocenters. The maximum absolute atomic E-state index is 15.4. The number of urea groups is 1. The third kappa shape index (κ3) is 6.54. The van der Waals surface area contributed by atoms with Crippen molar-refractivity contribution < 1.29 is 32.9 Å². The van der Waals surface area contributed by atoms with E-state index in [1.165, 1.54) is 12.1 Å². The molecule has 1 unspecified atom stereocenters. The van der Waals surface area contributed by atoms with Gasteiger partial charge in [-0.2, -0.15) is 0 Å². The Hall–Kier alpha value is -4.74. The van der Waals surface area contributed by atoms with Gasteiger partial charge in [-0.1, -0.05) is 30.3 Å². The Kier molecular flexibility index (Phi) is 8.81. The minimum Gasteiger partial charge on any atom is -0.493 e. The molecule has 45 heavy (non-hydrogen) atoms. The zero-order chi connectivity index (χ0) is 31.4. The van der Waals surface area contributed by atoms with Crippen LogP contribution in [0, 0.1) is 5.82 Å². The Labute approximate surface area is 260 Å². The first-order valence-electron chi connectivity index (χ1n) is 14.9. The summed E-state index contributed by atoms with van der Waals surface area (Å²) in [5.41, 5.74) is 0.431. The number of aromatic nitrogens is 1. The van der Waals surface area contributed by atoms with Gasteiger partial charge in [0.05, 0.1) is 38.1 Å². The van der Waals surface area contributed by atoms with Crippen molar-refractivity contribution in [1.82, 2.24) is 15.2 Å². The summed E-state index contributed by atoms with van der Waals surface area (Å²) in [6.45, 7) is 6.46. The SMILES string of the molecule is COc1cc2c(Oc3ccc(N4C(=O)NC(C)(Cc5ccccc5)C4=O)cc3F)ccnc2cc1OCCCN1CCOCC1. The largest absolute Gasteiger partial charge is 0.493 e. The van der Waals surface area contributed by atoms with Gasteiger partial charge < -0.3 is 24.3 Å². The van der Waals surface area contributed by atoms with Crippen molar-refractivity contribution in [3.63, 3.8) is 0 Å². The first kappa shape index (κ1) is 30.3. The van der Waals surface area contributed by atoms with E-state index in [1.54, 1.807) is 38.4 Å². The minimum absolute atomic E-state index is 0.0762. The van der Waals surface area contributed by atoms with E-state index >= 15 is 4.39 Å². The molecule has 3 heterocycles. The number of fused-ring (bicyclic) bond motifs is 1. The highest BCUT2D eigenvalue weighted by Crippen LogP contribution is 2.38. The van der Waals surface area contributed by atoms with E-state index < -0.39 is 23.3 Å². The number of rotatable bonds is 11. The lowest BCUT2D eigenvalue weighted by Gasteiger charge is -2.26. The summed E-state index contributed by atoms with van der Waals surface area (Å²) in [5, 5.41) is 3.37. The lowest BCUT2D eigenvalue weighted by atomic mass is 9.93. The molecule has 2 aliphatic heterocycles. The topological polar surface area (TPSA) is 102 Å². The second-order valence-electron chi connectivity index (χ2n) is 11.3. The van der Waals surface area contributed by atoms with Gasteiger partial charge in [0, 0.05) is 49.8 Å². The molecule has 11 heteroatoms. The average Bonchev–Trinajstić information content (AvgIpc) is 3.27. The Morgan fingerprint density at radius 3 is 2.53 bits per heavy atom. The maximum Gasteiger partial charge on any atom is 0.329 e. The van der Waals surface area contributed by atoms with E-state index in [0.717, 1.165) is 55.8 Å². The molecule has 3 amide bonds. The molecular weight excluding hydrogens is 579 g/mol. The van der Waals surface area contributed by atoms with Crippen molar-refractivity contribution in [2.24, 2.45) is 0 Å². The van der Waals surface area contributed by atoms with Gasteiger partial charge in [0.1, 0.15) is 11.3 Å². The summed E-state index contributed by atoms with van der Waals surface area (Å²) in [6, 6.07) is 17.9. The number of anilines is 1. The van der Waals surface area contributed by atoms with Crippen LogP contribution >= 0.6 is 0 Å². The van der Waals surface area contributed by atoms with E-state index in [-0.39, 0.29) is 11.4 Å². The Balaban J connectivity index is 1.16. The number of hydrogen-bond acceptors (Lipinski definition) is 8. The number of carbonyl (C=O) groups excluding carboxylic acids is 2. The highest BCUT2D eigenvalue weighted by molar-refractivity contribution is 6.23. The standard InChI is InChI=1S/C34H35FN4O6/c1-34(22-23-7-4-3-5-8-23)32(40)39(33(41)37-34)24-9-10-29(26(35)19-24)45-28-11-12-36-27-21-31(30(42-2)20-25(27)28)44-16-6-13-38-14-17-43-18-15-38/h3-5,7-12,19-21H,6,13-18,22H2,1-2H3,(H,37,41). The molecule has 1 aromatic heterocycles. The van der Waals surface area contributed by atoms with Crippen LogP contribution in [0.4, 0.5) is 14.9 Å². The number of methoxy groups -OCH3 is 1. The van der Waals surface area contributed by atoms with Crippen molar-refractivity contribution in [2.75, 3.05) is 51.5 Å². The molecule has 0 aliphatic carbocycles. The number of morpholine rings is 1. The Bertz CT molecular complexity index is 1700. The molecule has 1 N–H and O–H groups in total. The lowest BCUT2D eigenvalue weighted by Crippen LogP contribution is -2.46. The fourth-order valence-corrected chi connectivity index (χ4v) is 5.66. The Morgan fingerprint density at radius 1 is 0.978 bits per heavy atom. The van der Waals surface area contributed by atoms with E-state index in [4.69, 9.17) is 18.9 Å². The molecule has 2 fully saturated rings. The van der Waals surface area contributed by atoms with E-state index in [9.17, 15) is 9.59 Å². The van der Waals surface area contributed by atoms with E-state index in [0.29, 0.717) is 41.2 Å². The van der Waals surface area contributed by atoms with Gasteiger partial charge >= 0.3 is 6.03 Å². The second kappa shape index (κ2) is 13.1. The molecule has 0 spiro atoms. The van der Waals surface area contributed by atoms with Crippen LogP contribution in [0.2, 0.25) is 0 Å². The van der Waals surface area contributed by atoms with Crippen LogP contribution in [0.25, 0.3) is 10.9 Å². The number of halogens is 1. The molecule has 0 saturated carbocycles. The summed E-state index contributed by atoms with van der Waals surface area (Å²) in [6.07, 6.45) is 2.72. The summed E-state index contributed by atoms with van der Waals surface area (Å²) in [5.74, 6) is 0.138. The maximum atomic E-state index is 15.4. The molecule has 3 aromatic carbocycles. The van der Waals surface area contributed by atoms with Crippen molar-refractivity contribution in [2.45, 2.75) is 25.3 Å². The van der Waals surface area contributed by atoms with Gasteiger partial charge in [-0.3, -0.25) is 14.7 Å². The van der Waals surface area contributed by atoms with Crippen LogP contribution in [-0.2, 0) is 16.0 Å². The summed E-state index contributed by atoms with van der Waals surface area (Å²) < 4.78 is 38.5. The number of imide groups is 1. The van der Waals surface area contributed by atoms with Gasteiger partial charge in [0.15, 0.2) is 23.1 Å². The summed E-state index contributed by atoms with van der Waals surface area (Å²) >= 11 is 0. The Morgan fingerprint density at radius 2 is 1.78 bits per heavy atom. The van der Waals surface area contributed by atoms with Gasteiger partial charge in [0.25, 0.3) is 5.91 Å². The molecule has 2 saturated heterocycles. The monoisotopic (exact) mass is 614 g/mol. The van der Waals surface area contributed by atoms with Crippen molar-refractivity contribution in [1.29, 1.82) is 0 Å². The first-order valence-corrected chi connectivity index (χ1v) is 14.9. The normalized spacial score (nSPS) is 18.7. The molecule has 6 rings (SSSR count). The second-order valence-corrected chi connectivity index (χ2v) is 11.3.